The highest BCUT2D eigenvalue weighted by molar-refractivity contribution is 6.05. The van der Waals surface area contributed by atoms with Crippen molar-refractivity contribution in [2.45, 2.75) is 76.8 Å². The fourth-order valence-electron chi connectivity index (χ4n) is 5.41. The number of rotatable bonds is 4. The summed E-state index contributed by atoms with van der Waals surface area (Å²) in [6.07, 6.45) is 7.50. The number of anilines is 1. The number of amides is 2. The largest absolute Gasteiger partial charge is 0.329 e. The minimum absolute atomic E-state index is 0.0630. The number of fused-ring (bicyclic) bond motifs is 1. The zero-order valence-corrected chi connectivity index (χ0v) is 18.1. The van der Waals surface area contributed by atoms with Crippen molar-refractivity contribution < 1.29 is 9.59 Å². The molecular weight excluding hydrogens is 374 g/mol. The van der Waals surface area contributed by atoms with Gasteiger partial charge in [-0.05, 0) is 56.4 Å². The summed E-state index contributed by atoms with van der Waals surface area (Å²) in [6.45, 7) is 6.17. The van der Waals surface area contributed by atoms with Crippen molar-refractivity contribution in [2.24, 2.45) is 0 Å². The van der Waals surface area contributed by atoms with Gasteiger partial charge in [0.15, 0.2) is 0 Å². The Hall–Kier alpha value is -2.69. The Morgan fingerprint density at radius 3 is 2.63 bits per heavy atom. The van der Waals surface area contributed by atoms with Gasteiger partial charge in [-0.15, -0.1) is 0 Å². The van der Waals surface area contributed by atoms with Crippen molar-refractivity contribution >= 4 is 17.6 Å². The van der Waals surface area contributed by atoms with Crippen LogP contribution < -0.4 is 5.32 Å². The molecule has 0 bridgehead atoms. The molecule has 4 rings (SSSR count). The zero-order valence-electron chi connectivity index (χ0n) is 18.1. The quantitative estimate of drug-likeness (QED) is 0.772. The maximum Gasteiger partial charge on any atom is 0.254 e. The predicted octanol–water partition coefficient (Wildman–Crippen LogP) is 5.07. The summed E-state index contributed by atoms with van der Waals surface area (Å²) in [5, 5.41) is 3.10. The number of hydrogen-bond donors (Lipinski definition) is 1. The average molecular weight is 406 g/mol. The van der Waals surface area contributed by atoms with Crippen LogP contribution in [-0.4, -0.2) is 33.3 Å². The molecule has 1 aromatic heterocycles. The number of nitrogens with zero attached hydrogens (tertiary/aromatic N) is 2. The molecule has 1 aromatic carbocycles. The fourth-order valence-corrected chi connectivity index (χ4v) is 5.41. The van der Waals surface area contributed by atoms with E-state index in [1.807, 2.05) is 43.3 Å². The van der Waals surface area contributed by atoms with E-state index >= 15 is 0 Å². The summed E-state index contributed by atoms with van der Waals surface area (Å²) in [5.41, 5.74) is 1.97. The molecule has 1 N–H and O–H groups in total. The van der Waals surface area contributed by atoms with Crippen LogP contribution in [-0.2, 0) is 4.79 Å². The minimum atomic E-state index is -0.480. The SMILES string of the molecule is CC[C@H](C)N1C(=O)c2ccccc2[C@H](C(=O)Nc2ncccc2C)C12CCCCC2. The van der Waals surface area contributed by atoms with Crippen LogP contribution in [0.2, 0.25) is 0 Å². The number of carbonyl (C=O) groups is 2. The molecule has 2 atom stereocenters. The van der Waals surface area contributed by atoms with Gasteiger partial charge in [0.05, 0.1) is 11.5 Å². The second-order valence-corrected chi connectivity index (χ2v) is 8.78. The van der Waals surface area contributed by atoms with Crippen molar-refractivity contribution in [3.8, 4) is 0 Å². The first-order valence-corrected chi connectivity index (χ1v) is 11.1. The highest BCUT2D eigenvalue weighted by Crippen LogP contribution is 2.50. The molecule has 0 radical (unpaired) electrons. The van der Waals surface area contributed by atoms with Crippen LogP contribution >= 0.6 is 0 Å². The predicted molar refractivity (Wildman–Crippen MR) is 119 cm³/mol. The molecule has 1 aliphatic carbocycles. The summed E-state index contributed by atoms with van der Waals surface area (Å²) >= 11 is 0. The van der Waals surface area contributed by atoms with Crippen LogP contribution in [0.3, 0.4) is 0 Å². The Bertz CT molecular complexity index is 949. The van der Waals surface area contributed by atoms with Crippen molar-refractivity contribution in [3.63, 3.8) is 0 Å². The second-order valence-electron chi connectivity index (χ2n) is 8.78. The Labute approximate surface area is 178 Å². The third-order valence-electron chi connectivity index (χ3n) is 7.00. The van der Waals surface area contributed by atoms with E-state index in [4.69, 9.17) is 0 Å². The highest BCUT2D eigenvalue weighted by Gasteiger charge is 2.55. The van der Waals surface area contributed by atoms with Gasteiger partial charge in [0, 0.05) is 17.8 Å². The first-order valence-electron chi connectivity index (χ1n) is 11.1. The highest BCUT2D eigenvalue weighted by atomic mass is 16.2. The molecule has 5 nitrogen and oxygen atoms in total. The van der Waals surface area contributed by atoms with Crippen LogP contribution in [0.4, 0.5) is 5.82 Å². The smallest absolute Gasteiger partial charge is 0.254 e. The number of nitrogens with one attached hydrogen (secondary N) is 1. The Morgan fingerprint density at radius 2 is 1.93 bits per heavy atom. The van der Waals surface area contributed by atoms with Gasteiger partial charge in [0.25, 0.3) is 5.91 Å². The van der Waals surface area contributed by atoms with Gasteiger partial charge in [0.1, 0.15) is 5.82 Å². The van der Waals surface area contributed by atoms with E-state index in [0.29, 0.717) is 11.4 Å². The average Bonchev–Trinajstić information content (AvgIpc) is 2.76. The Morgan fingerprint density at radius 1 is 1.20 bits per heavy atom. The van der Waals surface area contributed by atoms with E-state index < -0.39 is 11.5 Å². The van der Waals surface area contributed by atoms with Gasteiger partial charge in [-0.3, -0.25) is 9.59 Å². The van der Waals surface area contributed by atoms with Gasteiger partial charge in [0.2, 0.25) is 5.91 Å². The summed E-state index contributed by atoms with van der Waals surface area (Å²) in [7, 11) is 0. The molecule has 1 aliphatic heterocycles. The van der Waals surface area contributed by atoms with Crippen LogP contribution in [0, 0.1) is 6.92 Å². The second kappa shape index (κ2) is 8.21. The van der Waals surface area contributed by atoms with E-state index in [0.717, 1.165) is 49.7 Å². The molecule has 2 amide bonds. The lowest BCUT2D eigenvalue weighted by molar-refractivity contribution is -0.122. The topological polar surface area (TPSA) is 62.3 Å². The number of benzene rings is 1. The molecule has 1 fully saturated rings. The van der Waals surface area contributed by atoms with Crippen LogP contribution in [0.5, 0.6) is 0 Å². The minimum Gasteiger partial charge on any atom is -0.329 e. The molecule has 2 aliphatic rings. The van der Waals surface area contributed by atoms with Gasteiger partial charge in [-0.2, -0.15) is 0 Å². The van der Waals surface area contributed by atoms with Crippen molar-refractivity contribution in [3.05, 3.63) is 59.3 Å². The van der Waals surface area contributed by atoms with Crippen LogP contribution in [0.1, 0.15) is 79.8 Å². The molecule has 2 aromatic rings. The third kappa shape index (κ3) is 3.30. The standard InChI is InChI=1S/C25H31N3O2/c1-4-18(3)28-24(30)20-13-7-6-12-19(20)21(25(28)14-8-5-9-15-25)23(29)27-22-17(2)11-10-16-26-22/h6-7,10-13,16,18,21H,4-5,8-9,14-15H2,1-3H3,(H,26,27,29)/t18-,21+/m0/s1. The first kappa shape index (κ1) is 20.6. The summed E-state index contributed by atoms with van der Waals surface area (Å²) in [4.78, 5) is 33.9. The van der Waals surface area contributed by atoms with Gasteiger partial charge >= 0.3 is 0 Å². The van der Waals surface area contributed by atoms with E-state index in [9.17, 15) is 9.59 Å². The van der Waals surface area contributed by atoms with E-state index in [1.54, 1.807) is 6.20 Å². The Kier molecular flexibility index (Phi) is 5.63. The lowest BCUT2D eigenvalue weighted by Crippen LogP contribution is -2.64. The first-order chi connectivity index (χ1) is 14.5. The summed E-state index contributed by atoms with van der Waals surface area (Å²) < 4.78 is 0. The van der Waals surface area contributed by atoms with Crippen LogP contribution in [0.15, 0.2) is 42.6 Å². The van der Waals surface area contributed by atoms with Gasteiger partial charge in [-0.1, -0.05) is 50.5 Å². The number of hydrogen-bond acceptors (Lipinski definition) is 3. The molecule has 30 heavy (non-hydrogen) atoms. The molecule has 0 saturated heterocycles. The zero-order chi connectivity index (χ0) is 21.3. The summed E-state index contributed by atoms with van der Waals surface area (Å²) in [6, 6.07) is 11.6. The molecule has 2 heterocycles. The lowest BCUT2D eigenvalue weighted by atomic mass is 9.64. The maximum absolute atomic E-state index is 13.8. The molecule has 5 heteroatoms. The monoisotopic (exact) mass is 405 g/mol. The van der Waals surface area contributed by atoms with E-state index in [2.05, 4.69) is 29.0 Å². The molecule has 1 spiro atoms. The van der Waals surface area contributed by atoms with Crippen molar-refractivity contribution in [1.82, 2.24) is 9.88 Å². The van der Waals surface area contributed by atoms with Crippen LogP contribution in [0.25, 0.3) is 0 Å². The summed E-state index contributed by atoms with van der Waals surface area (Å²) in [5.74, 6) is 0.201. The van der Waals surface area contributed by atoms with Crippen molar-refractivity contribution in [2.75, 3.05) is 5.32 Å². The number of aromatic nitrogens is 1. The van der Waals surface area contributed by atoms with E-state index in [-0.39, 0.29) is 17.9 Å². The number of carbonyl (C=O) groups excluding carboxylic acids is 2. The molecule has 1 saturated carbocycles. The number of aryl methyl sites for hydroxylation is 1. The normalized spacial score (nSPS) is 21.2. The van der Waals surface area contributed by atoms with Crippen molar-refractivity contribution in [1.29, 1.82) is 0 Å². The fraction of sp³-hybridized carbons (Fsp3) is 0.480. The molecule has 158 valence electrons. The maximum atomic E-state index is 13.8. The van der Waals surface area contributed by atoms with E-state index in [1.165, 1.54) is 0 Å². The molecule has 0 unspecified atom stereocenters. The Balaban J connectivity index is 1.85. The third-order valence-corrected chi connectivity index (χ3v) is 7.00. The van der Waals surface area contributed by atoms with Gasteiger partial charge in [-0.25, -0.2) is 4.98 Å². The lowest BCUT2D eigenvalue weighted by Gasteiger charge is -2.55. The molecular formula is C25H31N3O2. The van der Waals surface area contributed by atoms with Gasteiger partial charge < -0.3 is 10.2 Å². The number of pyridine rings is 1.